The van der Waals surface area contributed by atoms with Crippen LogP contribution in [0.15, 0.2) is 41.2 Å². The minimum Gasteiger partial charge on any atom is -0.346 e. The lowest BCUT2D eigenvalue weighted by Gasteiger charge is -2.04. The van der Waals surface area contributed by atoms with Gasteiger partial charge in [-0.2, -0.15) is 0 Å². The molecule has 1 aliphatic rings. The third kappa shape index (κ3) is 3.28. The lowest BCUT2D eigenvalue weighted by molar-refractivity contribution is -0.451. The van der Waals surface area contributed by atoms with Gasteiger partial charge in [-0.25, -0.2) is 0 Å². The monoisotopic (exact) mass is 430 g/mol. The Balaban J connectivity index is 0.000000478. The van der Waals surface area contributed by atoms with Crippen LogP contribution in [-0.4, -0.2) is 35.8 Å². The first kappa shape index (κ1) is 20.6. The first-order chi connectivity index (χ1) is 14.7. The van der Waals surface area contributed by atoms with Gasteiger partial charge in [-0.1, -0.05) is 24.3 Å². The Hall–Kier alpha value is -5.15. The minimum atomic E-state index is -1.70. The molecule has 1 aliphatic carbocycles. The fourth-order valence-corrected chi connectivity index (χ4v) is 3.05. The summed E-state index contributed by atoms with van der Waals surface area (Å²) in [6, 6.07) is 5.17. The van der Waals surface area contributed by atoms with E-state index in [1.165, 1.54) is 36.7 Å². The van der Waals surface area contributed by atoms with Gasteiger partial charge in [0.15, 0.2) is 0 Å². The van der Waals surface area contributed by atoms with Crippen molar-refractivity contribution >= 4 is 28.5 Å². The molecule has 0 amide bonds. The van der Waals surface area contributed by atoms with Crippen LogP contribution in [0, 0.1) is 40.5 Å². The maximum Gasteiger partial charge on any atom is 0.430 e. The van der Waals surface area contributed by atoms with Gasteiger partial charge in [-0.05, 0) is 0 Å². The van der Waals surface area contributed by atoms with Crippen molar-refractivity contribution in [2.24, 2.45) is 0 Å². The second kappa shape index (κ2) is 7.70. The van der Waals surface area contributed by atoms with E-state index in [2.05, 4.69) is 14.9 Å². The van der Waals surface area contributed by atoms with Gasteiger partial charge in [-0.15, -0.1) is 5.10 Å². The van der Waals surface area contributed by atoms with Gasteiger partial charge in [0.05, 0.1) is 31.5 Å². The number of benzene rings is 2. The van der Waals surface area contributed by atoms with E-state index in [0.29, 0.717) is 0 Å². The maximum atomic E-state index is 12.5. The van der Waals surface area contributed by atoms with E-state index in [1.54, 1.807) is 0 Å². The standard InChI is InChI=1S/C13H4N4O9.C2H2N2O/c18-13-6-4-2-1-3-5(6)7-8(13)10(15(21)22)12(17(25)26)11(16(23)24)9(7)14(19)20;1-2-5-4-3-1/h1-4H;1-2H. The van der Waals surface area contributed by atoms with Crippen LogP contribution < -0.4 is 0 Å². The van der Waals surface area contributed by atoms with Crippen LogP contribution in [-0.2, 0) is 0 Å². The Morgan fingerprint density at radius 2 is 1.19 bits per heavy atom. The molecule has 2 aromatic carbocycles. The summed E-state index contributed by atoms with van der Waals surface area (Å²) >= 11 is 0. The summed E-state index contributed by atoms with van der Waals surface area (Å²) < 4.78 is 4.22. The molecular weight excluding hydrogens is 424 g/mol. The number of carbonyl (C=O) groups is 1. The predicted octanol–water partition coefficient (Wildman–Crippen LogP) is 2.60. The Bertz CT molecular complexity index is 1250. The number of hydrogen-bond acceptors (Lipinski definition) is 12. The second-order valence-corrected chi connectivity index (χ2v) is 5.64. The van der Waals surface area contributed by atoms with Crippen molar-refractivity contribution < 1.29 is 29.0 Å². The van der Waals surface area contributed by atoms with E-state index in [-0.39, 0.29) is 11.1 Å². The molecule has 0 unspecified atom stereocenters. The zero-order valence-corrected chi connectivity index (χ0v) is 14.7. The number of rotatable bonds is 4. The van der Waals surface area contributed by atoms with E-state index in [4.69, 9.17) is 0 Å². The maximum absolute atomic E-state index is 12.5. The molecule has 16 nitrogen and oxygen atoms in total. The normalized spacial score (nSPS) is 11.0. The van der Waals surface area contributed by atoms with E-state index in [1.807, 2.05) is 0 Å². The molecule has 1 heterocycles. The molecule has 0 saturated heterocycles. The van der Waals surface area contributed by atoms with Crippen molar-refractivity contribution in [1.82, 2.24) is 10.4 Å². The molecule has 1 aromatic heterocycles. The largest absolute Gasteiger partial charge is 0.430 e. The molecular formula is C15H6N6O10. The number of nitro benzene ring substituents is 4. The number of carbonyl (C=O) groups excluding carboxylic acids is 1. The number of nitro groups is 4. The average Bonchev–Trinajstić information content (AvgIpc) is 3.38. The molecule has 0 bridgehead atoms. The zero-order valence-electron chi connectivity index (χ0n) is 14.7. The summed E-state index contributed by atoms with van der Waals surface area (Å²) in [5.41, 5.74) is -8.01. The third-order valence-electron chi connectivity index (χ3n) is 4.08. The summed E-state index contributed by atoms with van der Waals surface area (Å²) in [7, 11) is 0. The van der Waals surface area contributed by atoms with Crippen molar-refractivity contribution in [2.75, 3.05) is 0 Å². The number of nitrogens with zero attached hydrogens (tertiary/aromatic N) is 6. The molecule has 0 atom stereocenters. The van der Waals surface area contributed by atoms with Crippen LogP contribution in [0.25, 0.3) is 11.1 Å². The highest BCUT2D eigenvalue weighted by Crippen LogP contribution is 2.55. The number of ketones is 1. The number of hydrogen-bond donors (Lipinski definition) is 0. The molecule has 0 saturated carbocycles. The lowest BCUT2D eigenvalue weighted by Crippen LogP contribution is -2.10. The van der Waals surface area contributed by atoms with Crippen LogP contribution in [0.2, 0.25) is 0 Å². The quantitative estimate of drug-likeness (QED) is 0.336. The molecule has 0 N–H and O–H groups in total. The highest BCUT2D eigenvalue weighted by molar-refractivity contribution is 6.27. The van der Waals surface area contributed by atoms with Crippen LogP contribution in [0.1, 0.15) is 15.9 Å². The Labute approximate surface area is 168 Å². The van der Waals surface area contributed by atoms with E-state index < -0.39 is 59.4 Å². The van der Waals surface area contributed by atoms with Crippen molar-refractivity contribution in [3.63, 3.8) is 0 Å². The van der Waals surface area contributed by atoms with Crippen molar-refractivity contribution in [1.29, 1.82) is 0 Å². The van der Waals surface area contributed by atoms with Gasteiger partial charge < -0.3 is 4.52 Å². The molecule has 4 rings (SSSR count). The number of aromatic nitrogens is 2. The third-order valence-corrected chi connectivity index (χ3v) is 4.08. The average molecular weight is 430 g/mol. The van der Waals surface area contributed by atoms with Gasteiger partial charge in [0.25, 0.3) is 0 Å². The SMILES string of the molecule is O=C1c2ccccc2-c2c1c([N+](=O)[O-])c([N+](=O)[O-])c([N+](=O)[O-])c2[N+](=O)[O-].c1conn1. The first-order valence-corrected chi connectivity index (χ1v) is 7.85. The Kier molecular flexibility index (Phi) is 5.11. The summed E-state index contributed by atoms with van der Waals surface area (Å²) in [5.74, 6) is -1.05. The second-order valence-electron chi connectivity index (χ2n) is 5.64. The fourth-order valence-electron chi connectivity index (χ4n) is 3.05. The predicted molar refractivity (Wildman–Crippen MR) is 96.2 cm³/mol. The van der Waals surface area contributed by atoms with Gasteiger partial charge in [0.1, 0.15) is 11.8 Å². The topological polar surface area (TPSA) is 229 Å². The van der Waals surface area contributed by atoms with Crippen molar-refractivity contribution in [3.8, 4) is 11.1 Å². The summed E-state index contributed by atoms with van der Waals surface area (Å²) in [4.78, 5) is 52.5. The Morgan fingerprint density at radius 1 is 0.710 bits per heavy atom. The lowest BCUT2D eigenvalue weighted by atomic mass is 9.99. The van der Waals surface area contributed by atoms with Gasteiger partial charge in [0.2, 0.25) is 5.78 Å². The van der Waals surface area contributed by atoms with Crippen LogP contribution >= 0.6 is 0 Å². The van der Waals surface area contributed by atoms with E-state index in [0.717, 1.165) is 0 Å². The molecule has 0 aliphatic heterocycles. The van der Waals surface area contributed by atoms with Gasteiger partial charge in [0, 0.05) is 16.4 Å². The van der Waals surface area contributed by atoms with E-state index >= 15 is 0 Å². The van der Waals surface area contributed by atoms with Crippen molar-refractivity contribution in [3.05, 3.63) is 88.3 Å². The van der Waals surface area contributed by atoms with Crippen LogP contribution in [0.3, 0.4) is 0 Å². The van der Waals surface area contributed by atoms with Gasteiger partial charge in [-0.3, -0.25) is 45.3 Å². The summed E-state index contributed by atoms with van der Waals surface area (Å²) in [5, 5.41) is 51.8. The molecule has 0 radical (unpaired) electrons. The minimum absolute atomic E-state index is 0.139. The summed E-state index contributed by atoms with van der Waals surface area (Å²) in [6.45, 7) is 0. The highest BCUT2D eigenvalue weighted by Gasteiger charge is 2.54. The smallest absolute Gasteiger partial charge is 0.346 e. The first-order valence-electron chi connectivity index (χ1n) is 7.85. The molecule has 3 aromatic rings. The van der Waals surface area contributed by atoms with Crippen LogP contribution in [0.4, 0.5) is 22.7 Å². The summed E-state index contributed by atoms with van der Waals surface area (Å²) in [6.07, 6.45) is 2.88. The number of fused-ring (bicyclic) bond motifs is 3. The van der Waals surface area contributed by atoms with Crippen LogP contribution in [0.5, 0.6) is 0 Å². The molecule has 0 fully saturated rings. The Morgan fingerprint density at radius 3 is 1.58 bits per heavy atom. The zero-order chi connectivity index (χ0) is 22.9. The molecule has 31 heavy (non-hydrogen) atoms. The fraction of sp³-hybridized carbons (Fsp3) is 0. The van der Waals surface area contributed by atoms with E-state index in [9.17, 15) is 45.3 Å². The highest BCUT2D eigenvalue weighted by atomic mass is 16.7. The molecule has 16 heteroatoms. The van der Waals surface area contributed by atoms with Crippen molar-refractivity contribution in [2.45, 2.75) is 0 Å². The molecule has 156 valence electrons. The van der Waals surface area contributed by atoms with Gasteiger partial charge >= 0.3 is 22.7 Å². The molecule has 0 spiro atoms.